The van der Waals surface area contributed by atoms with Crippen molar-refractivity contribution >= 4 is 23.0 Å². The number of hydrogen-bond acceptors (Lipinski definition) is 8. The van der Waals surface area contributed by atoms with Crippen LogP contribution in [0.25, 0.3) is 0 Å². The molecule has 0 aliphatic rings. The molecule has 0 spiro atoms. The Balaban J connectivity index is 2.21. The van der Waals surface area contributed by atoms with Gasteiger partial charge in [0, 0.05) is 45.4 Å². The molecule has 0 saturated heterocycles. The molecule has 0 saturated carbocycles. The Morgan fingerprint density at radius 3 is 2.35 bits per heavy atom. The Morgan fingerprint density at radius 1 is 1.09 bits per heavy atom. The fourth-order valence-electron chi connectivity index (χ4n) is 2.04. The van der Waals surface area contributed by atoms with Crippen molar-refractivity contribution in [2.75, 3.05) is 56.5 Å². The fraction of sp³-hybridized carbons (Fsp3) is 0.400. The van der Waals surface area contributed by atoms with Crippen LogP contribution in [-0.4, -0.2) is 55.5 Å². The maximum atomic E-state index is 6.25. The highest BCUT2D eigenvalue weighted by Gasteiger charge is 2.15. The van der Waals surface area contributed by atoms with Crippen molar-refractivity contribution in [2.24, 2.45) is 0 Å². The molecule has 2 heterocycles. The maximum Gasteiger partial charge on any atom is 0.159 e. The van der Waals surface area contributed by atoms with Gasteiger partial charge >= 0.3 is 0 Å². The summed E-state index contributed by atoms with van der Waals surface area (Å²) in [5.41, 5.74) is 7.59. The second kappa shape index (κ2) is 8.86. The summed E-state index contributed by atoms with van der Waals surface area (Å²) >= 11 is 0. The minimum atomic E-state index is 0.483. The molecule has 8 nitrogen and oxygen atoms in total. The summed E-state index contributed by atoms with van der Waals surface area (Å²) in [5.74, 6) is 1.21. The molecule has 0 aliphatic heterocycles. The van der Waals surface area contributed by atoms with E-state index in [4.69, 9.17) is 15.2 Å². The van der Waals surface area contributed by atoms with E-state index in [9.17, 15) is 0 Å². The monoisotopic (exact) mass is 318 g/mol. The van der Waals surface area contributed by atoms with Crippen molar-refractivity contribution in [3.05, 3.63) is 30.9 Å². The van der Waals surface area contributed by atoms with E-state index in [1.807, 2.05) is 17.0 Å². The molecular weight excluding hydrogens is 296 g/mol. The van der Waals surface area contributed by atoms with Crippen molar-refractivity contribution in [1.82, 2.24) is 15.0 Å². The number of rotatable bonds is 9. The van der Waals surface area contributed by atoms with E-state index in [1.54, 1.807) is 26.6 Å². The van der Waals surface area contributed by atoms with Gasteiger partial charge in [-0.2, -0.15) is 0 Å². The zero-order valence-electron chi connectivity index (χ0n) is 13.4. The van der Waals surface area contributed by atoms with Crippen LogP contribution >= 0.6 is 0 Å². The predicted molar refractivity (Wildman–Crippen MR) is 89.9 cm³/mol. The third kappa shape index (κ3) is 4.76. The number of nitrogens with two attached hydrogens (primary N) is 1. The molecule has 2 aromatic heterocycles. The standard InChI is InChI=1S/C15H22N6O2/c1-22-9-7-21(8-10-23-2)15-13(16)14(18-11-19-15)20-12-3-5-17-6-4-12/h3-6,11H,7-10,16H2,1-2H3,(H,17,18,19,20). The molecule has 0 aromatic carbocycles. The first-order valence-electron chi connectivity index (χ1n) is 7.26. The summed E-state index contributed by atoms with van der Waals surface area (Å²) < 4.78 is 10.3. The highest BCUT2D eigenvalue weighted by molar-refractivity contribution is 5.78. The zero-order valence-corrected chi connectivity index (χ0v) is 13.4. The van der Waals surface area contributed by atoms with Gasteiger partial charge in [-0.3, -0.25) is 4.98 Å². The fourth-order valence-corrected chi connectivity index (χ4v) is 2.04. The molecule has 3 N–H and O–H groups in total. The number of nitrogens with zero attached hydrogens (tertiary/aromatic N) is 4. The van der Waals surface area contributed by atoms with Crippen molar-refractivity contribution in [2.45, 2.75) is 0 Å². The van der Waals surface area contributed by atoms with Crippen LogP contribution in [-0.2, 0) is 9.47 Å². The van der Waals surface area contributed by atoms with Crippen LogP contribution in [0.1, 0.15) is 0 Å². The normalized spacial score (nSPS) is 10.5. The van der Waals surface area contributed by atoms with Crippen LogP contribution < -0.4 is 16.0 Å². The maximum absolute atomic E-state index is 6.25. The number of pyridine rings is 1. The van der Waals surface area contributed by atoms with E-state index in [0.717, 1.165) is 5.69 Å². The second-order valence-corrected chi connectivity index (χ2v) is 4.79. The van der Waals surface area contributed by atoms with Crippen LogP contribution in [0.4, 0.5) is 23.0 Å². The Morgan fingerprint density at radius 2 is 1.74 bits per heavy atom. The third-order valence-corrected chi connectivity index (χ3v) is 3.24. The Bertz CT molecular complexity index is 588. The molecule has 2 aromatic rings. The summed E-state index contributed by atoms with van der Waals surface area (Å²) in [6, 6.07) is 3.68. The molecule has 0 atom stereocenters. The molecular formula is C15H22N6O2. The van der Waals surface area contributed by atoms with E-state index >= 15 is 0 Å². The van der Waals surface area contributed by atoms with Gasteiger partial charge in [-0.25, -0.2) is 9.97 Å². The van der Waals surface area contributed by atoms with Crippen molar-refractivity contribution in [1.29, 1.82) is 0 Å². The highest BCUT2D eigenvalue weighted by Crippen LogP contribution is 2.28. The molecule has 8 heteroatoms. The minimum absolute atomic E-state index is 0.483. The molecule has 0 radical (unpaired) electrons. The number of methoxy groups -OCH3 is 2. The van der Waals surface area contributed by atoms with Crippen LogP contribution in [0.15, 0.2) is 30.9 Å². The number of aromatic nitrogens is 3. The SMILES string of the molecule is COCCN(CCOC)c1ncnc(Nc2ccncc2)c1N. The lowest BCUT2D eigenvalue weighted by Crippen LogP contribution is -2.32. The van der Waals surface area contributed by atoms with Gasteiger partial charge in [0.15, 0.2) is 11.6 Å². The number of anilines is 4. The van der Waals surface area contributed by atoms with Gasteiger partial charge in [-0.15, -0.1) is 0 Å². The summed E-state index contributed by atoms with van der Waals surface area (Å²) in [4.78, 5) is 14.5. The van der Waals surface area contributed by atoms with Gasteiger partial charge in [0.25, 0.3) is 0 Å². The van der Waals surface area contributed by atoms with Gasteiger partial charge in [-0.1, -0.05) is 0 Å². The van der Waals surface area contributed by atoms with Gasteiger partial charge in [-0.05, 0) is 12.1 Å². The zero-order chi connectivity index (χ0) is 16.5. The van der Waals surface area contributed by atoms with E-state index in [1.165, 1.54) is 6.33 Å². The van der Waals surface area contributed by atoms with Crippen molar-refractivity contribution < 1.29 is 9.47 Å². The minimum Gasteiger partial charge on any atom is -0.393 e. The predicted octanol–water partition coefficient (Wildman–Crippen LogP) is 1.30. The molecule has 0 aliphatic carbocycles. The molecule has 2 rings (SSSR count). The second-order valence-electron chi connectivity index (χ2n) is 4.79. The Hall–Kier alpha value is -2.45. The smallest absolute Gasteiger partial charge is 0.159 e. The molecule has 124 valence electrons. The summed E-state index contributed by atoms with van der Waals surface area (Å²) in [6.07, 6.45) is 4.88. The quantitative estimate of drug-likeness (QED) is 0.714. The van der Waals surface area contributed by atoms with Gasteiger partial charge < -0.3 is 25.4 Å². The molecule has 0 amide bonds. The highest BCUT2D eigenvalue weighted by atomic mass is 16.5. The Labute approximate surface area is 135 Å². The molecule has 0 unspecified atom stereocenters. The summed E-state index contributed by atoms with van der Waals surface area (Å²) in [7, 11) is 3.32. The lowest BCUT2D eigenvalue weighted by Gasteiger charge is -2.25. The first-order chi connectivity index (χ1) is 11.3. The largest absolute Gasteiger partial charge is 0.393 e. The number of ether oxygens (including phenoxy) is 2. The van der Waals surface area contributed by atoms with E-state index in [0.29, 0.717) is 43.6 Å². The van der Waals surface area contributed by atoms with E-state index < -0.39 is 0 Å². The lowest BCUT2D eigenvalue weighted by molar-refractivity contribution is 0.190. The first kappa shape index (κ1) is 16.9. The van der Waals surface area contributed by atoms with E-state index in [2.05, 4.69) is 20.3 Å². The van der Waals surface area contributed by atoms with Crippen LogP contribution in [0.3, 0.4) is 0 Å². The number of nitrogens with one attached hydrogen (secondary N) is 1. The summed E-state index contributed by atoms with van der Waals surface area (Å²) in [6.45, 7) is 2.46. The van der Waals surface area contributed by atoms with Crippen LogP contribution in [0, 0.1) is 0 Å². The van der Waals surface area contributed by atoms with Gasteiger partial charge in [0.2, 0.25) is 0 Å². The third-order valence-electron chi connectivity index (χ3n) is 3.24. The molecule has 0 fully saturated rings. The van der Waals surface area contributed by atoms with Crippen LogP contribution in [0.5, 0.6) is 0 Å². The molecule has 0 bridgehead atoms. The average Bonchev–Trinajstić information content (AvgIpc) is 2.58. The van der Waals surface area contributed by atoms with E-state index in [-0.39, 0.29) is 0 Å². The van der Waals surface area contributed by atoms with Crippen molar-refractivity contribution in [3.8, 4) is 0 Å². The van der Waals surface area contributed by atoms with Gasteiger partial charge in [0.05, 0.1) is 13.2 Å². The number of hydrogen-bond donors (Lipinski definition) is 2. The average molecular weight is 318 g/mol. The summed E-state index contributed by atoms with van der Waals surface area (Å²) in [5, 5.41) is 3.17. The Kier molecular flexibility index (Phi) is 6.52. The van der Waals surface area contributed by atoms with Crippen molar-refractivity contribution in [3.63, 3.8) is 0 Å². The number of nitrogen functional groups attached to an aromatic ring is 1. The van der Waals surface area contributed by atoms with Crippen LogP contribution in [0.2, 0.25) is 0 Å². The molecule has 23 heavy (non-hydrogen) atoms. The first-order valence-corrected chi connectivity index (χ1v) is 7.26. The lowest BCUT2D eigenvalue weighted by atomic mass is 10.3. The topological polar surface area (TPSA) is 98.4 Å². The van der Waals surface area contributed by atoms with Gasteiger partial charge in [0.1, 0.15) is 12.0 Å².